The van der Waals surface area contributed by atoms with Gasteiger partial charge in [-0.2, -0.15) is 10.1 Å². The van der Waals surface area contributed by atoms with Crippen LogP contribution < -0.4 is 5.32 Å². The van der Waals surface area contributed by atoms with Gasteiger partial charge in [-0.1, -0.05) is 5.16 Å². The number of carboxylic acid groups (broad SMARTS) is 1. The molecule has 0 saturated carbocycles. The Kier molecular flexibility index (Phi) is 3.91. The lowest BCUT2D eigenvalue weighted by Gasteiger charge is -2.05. The van der Waals surface area contributed by atoms with Crippen LogP contribution in [0.1, 0.15) is 27.8 Å². The highest BCUT2D eigenvalue weighted by molar-refractivity contribution is 5.88. The minimum atomic E-state index is -0.973. The van der Waals surface area contributed by atoms with Crippen molar-refractivity contribution < 1.29 is 14.4 Å². The number of nitrogens with zero attached hydrogens (tertiary/aromatic N) is 4. The molecule has 0 saturated heterocycles. The molecule has 102 valence electrons. The molecule has 0 bridgehead atoms. The first kappa shape index (κ1) is 13.2. The molecular formula is C11H15N5O3. The van der Waals surface area contributed by atoms with Crippen LogP contribution in [0.25, 0.3) is 0 Å². The highest BCUT2D eigenvalue weighted by atomic mass is 16.5. The van der Waals surface area contributed by atoms with Crippen LogP contribution >= 0.6 is 0 Å². The minimum Gasteiger partial charge on any atom is -0.478 e. The van der Waals surface area contributed by atoms with Crippen molar-refractivity contribution in [3.8, 4) is 0 Å². The molecule has 0 aliphatic rings. The fourth-order valence-corrected chi connectivity index (χ4v) is 1.70. The van der Waals surface area contributed by atoms with Crippen molar-refractivity contribution in [2.45, 2.75) is 19.9 Å². The van der Waals surface area contributed by atoms with Crippen molar-refractivity contribution in [1.82, 2.24) is 25.2 Å². The summed E-state index contributed by atoms with van der Waals surface area (Å²) in [6, 6.07) is 0. The number of aromatic nitrogens is 4. The average molecular weight is 265 g/mol. The fourth-order valence-electron chi connectivity index (χ4n) is 1.70. The second-order valence-electron chi connectivity index (χ2n) is 4.09. The molecule has 2 N–H and O–H groups in total. The van der Waals surface area contributed by atoms with Crippen LogP contribution in [0.5, 0.6) is 0 Å². The smallest absolute Gasteiger partial charge is 0.339 e. The lowest BCUT2D eigenvalue weighted by molar-refractivity contribution is 0.0695. The van der Waals surface area contributed by atoms with Gasteiger partial charge in [-0.05, 0) is 0 Å². The van der Waals surface area contributed by atoms with Crippen LogP contribution in [0, 0.1) is 6.92 Å². The summed E-state index contributed by atoms with van der Waals surface area (Å²) in [6.07, 6.45) is 1.97. The largest absolute Gasteiger partial charge is 0.478 e. The SMILES string of the molecule is Cc1nc(CCNCc2c(C(=O)O)cnn2C)no1. The van der Waals surface area contributed by atoms with Gasteiger partial charge in [0.25, 0.3) is 0 Å². The molecule has 0 amide bonds. The van der Waals surface area contributed by atoms with Crippen molar-refractivity contribution in [3.63, 3.8) is 0 Å². The Hall–Kier alpha value is -2.22. The van der Waals surface area contributed by atoms with Gasteiger partial charge < -0.3 is 14.9 Å². The number of rotatable bonds is 6. The lowest BCUT2D eigenvalue weighted by atomic mass is 10.2. The van der Waals surface area contributed by atoms with Crippen molar-refractivity contribution in [2.75, 3.05) is 6.54 Å². The Labute approximate surface area is 109 Å². The third-order valence-electron chi connectivity index (χ3n) is 2.68. The maximum Gasteiger partial charge on any atom is 0.339 e. The van der Waals surface area contributed by atoms with Crippen LogP contribution in [0.2, 0.25) is 0 Å². The second-order valence-corrected chi connectivity index (χ2v) is 4.09. The number of hydrogen-bond acceptors (Lipinski definition) is 6. The highest BCUT2D eigenvalue weighted by Gasteiger charge is 2.14. The number of carbonyl (C=O) groups is 1. The molecule has 2 aromatic heterocycles. The normalized spacial score (nSPS) is 10.8. The molecular weight excluding hydrogens is 250 g/mol. The van der Waals surface area contributed by atoms with Gasteiger partial charge in [0.15, 0.2) is 5.82 Å². The summed E-state index contributed by atoms with van der Waals surface area (Å²) in [4.78, 5) is 15.1. The molecule has 0 unspecified atom stereocenters. The molecule has 2 heterocycles. The number of aryl methyl sites for hydroxylation is 2. The number of nitrogens with one attached hydrogen (secondary N) is 1. The molecule has 2 rings (SSSR count). The van der Waals surface area contributed by atoms with E-state index in [9.17, 15) is 4.79 Å². The van der Waals surface area contributed by atoms with Gasteiger partial charge in [-0.15, -0.1) is 0 Å². The predicted molar refractivity (Wildman–Crippen MR) is 64.6 cm³/mol. The molecule has 0 fully saturated rings. The molecule has 0 atom stereocenters. The first-order valence-corrected chi connectivity index (χ1v) is 5.82. The van der Waals surface area contributed by atoms with Crippen LogP contribution in [-0.2, 0) is 20.0 Å². The predicted octanol–water partition coefficient (Wildman–Crippen LogP) is 0.142. The van der Waals surface area contributed by atoms with Gasteiger partial charge >= 0.3 is 5.97 Å². The van der Waals surface area contributed by atoms with E-state index in [0.717, 1.165) is 0 Å². The first-order valence-electron chi connectivity index (χ1n) is 5.82. The summed E-state index contributed by atoms with van der Waals surface area (Å²) in [7, 11) is 1.71. The zero-order valence-electron chi connectivity index (χ0n) is 10.8. The van der Waals surface area contributed by atoms with E-state index in [1.54, 1.807) is 18.7 Å². The number of carboxylic acids is 1. The number of hydrogen-bond donors (Lipinski definition) is 2. The molecule has 8 nitrogen and oxygen atoms in total. The average Bonchev–Trinajstić information content (AvgIpc) is 2.92. The van der Waals surface area contributed by atoms with E-state index in [1.165, 1.54) is 6.20 Å². The molecule has 2 aromatic rings. The summed E-state index contributed by atoms with van der Waals surface area (Å²) < 4.78 is 6.41. The molecule has 0 radical (unpaired) electrons. The molecule has 0 aliphatic heterocycles. The van der Waals surface area contributed by atoms with E-state index in [4.69, 9.17) is 9.63 Å². The highest BCUT2D eigenvalue weighted by Crippen LogP contribution is 2.07. The first-order chi connectivity index (χ1) is 9.08. The zero-order valence-corrected chi connectivity index (χ0v) is 10.8. The maximum absolute atomic E-state index is 11.0. The molecule has 0 aliphatic carbocycles. The summed E-state index contributed by atoms with van der Waals surface area (Å²) in [6.45, 7) is 2.79. The standard InChI is InChI=1S/C11H15N5O3/c1-7-14-10(15-19-7)3-4-12-6-9-8(11(17)18)5-13-16(9)2/h5,12H,3-4,6H2,1-2H3,(H,17,18). The summed E-state index contributed by atoms with van der Waals surface area (Å²) in [5.74, 6) is 0.196. The van der Waals surface area contributed by atoms with Crippen LogP contribution in [-0.4, -0.2) is 37.5 Å². The van der Waals surface area contributed by atoms with E-state index in [1.807, 2.05) is 0 Å². The molecule has 8 heteroatoms. The van der Waals surface area contributed by atoms with Gasteiger partial charge in [0.05, 0.1) is 11.9 Å². The third-order valence-corrected chi connectivity index (χ3v) is 2.68. The van der Waals surface area contributed by atoms with E-state index in [0.29, 0.717) is 36.9 Å². The lowest BCUT2D eigenvalue weighted by Crippen LogP contribution is -2.20. The maximum atomic E-state index is 11.0. The van der Waals surface area contributed by atoms with Crippen molar-refractivity contribution >= 4 is 5.97 Å². The summed E-state index contributed by atoms with van der Waals surface area (Å²) in [5, 5.41) is 19.8. The summed E-state index contributed by atoms with van der Waals surface area (Å²) in [5.41, 5.74) is 0.849. The molecule has 0 aromatic carbocycles. The minimum absolute atomic E-state index is 0.213. The monoisotopic (exact) mass is 265 g/mol. The van der Waals surface area contributed by atoms with E-state index >= 15 is 0 Å². The van der Waals surface area contributed by atoms with Crippen LogP contribution in [0.3, 0.4) is 0 Å². The van der Waals surface area contributed by atoms with Gasteiger partial charge in [-0.25, -0.2) is 4.79 Å². The number of aromatic carboxylic acids is 1. The van der Waals surface area contributed by atoms with Gasteiger partial charge in [-0.3, -0.25) is 4.68 Å². The zero-order chi connectivity index (χ0) is 13.8. The Morgan fingerprint density at radius 1 is 1.58 bits per heavy atom. The summed E-state index contributed by atoms with van der Waals surface area (Å²) >= 11 is 0. The fraction of sp³-hybridized carbons (Fsp3) is 0.455. The topological polar surface area (TPSA) is 106 Å². The Balaban J connectivity index is 1.86. The van der Waals surface area contributed by atoms with Crippen molar-refractivity contribution in [3.05, 3.63) is 29.2 Å². The Morgan fingerprint density at radius 2 is 2.37 bits per heavy atom. The van der Waals surface area contributed by atoms with Gasteiger partial charge in [0.2, 0.25) is 5.89 Å². The van der Waals surface area contributed by atoms with E-state index in [-0.39, 0.29) is 5.56 Å². The van der Waals surface area contributed by atoms with Crippen molar-refractivity contribution in [1.29, 1.82) is 0 Å². The van der Waals surface area contributed by atoms with Crippen molar-refractivity contribution in [2.24, 2.45) is 7.05 Å². The molecule has 0 spiro atoms. The Bertz CT molecular complexity index is 575. The molecule has 19 heavy (non-hydrogen) atoms. The van der Waals surface area contributed by atoms with E-state index in [2.05, 4.69) is 20.6 Å². The second kappa shape index (κ2) is 5.61. The van der Waals surface area contributed by atoms with E-state index < -0.39 is 5.97 Å². The third kappa shape index (κ3) is 3.16. The van der Waals surface area contributed by atoms with Gasteiger partial charge in [0.1, 0.15) is 5.56 Å². The van der Waals surface area contributed by atoms with Crippen LogP contribution in [0.4, 0.5) is 0 Å². The van der Waals surface area contributed by atoms with Gasteiger partial charge in [0, 0.05) is 33.5 Å². The quantitative estimate of drug-likeness (QED) is 0.715. The Morgan fingerprint density at radius 3 is 3.00 bits per heavy atom. The van der Waals surface area contributed by atoms with Crippen LogP contribution in [0.15, 0.2) is 10.7 Å².